The average Bonchev–Trinajstić information content (AvgIpc) is 2.61. The van der Waals surface area contributed by atoms with E-state index in [1.54, 1.807) is 0 Å². The molecule has 1 aromatic heterocycles. The molecule has 90 valence electrons. The fourth-order valence-corrected chi connectivity index (χ4v) is 1.98. The Bertz CT molecular complexity index is 518. The molecule has 0 atom stereocenters. The van der Waals surface area contributed by atoms with E-state index in [4.69, 9.17) is 11.6 Å². The molecule has 0 amide bonds. The molecular weight excluding hydrogens is 232 g/mol. The summed E-state index contributed by atoms with van der Waals surface area (Å²) in [7, 11) is 1.95. The molecule has 2 nitrogen and oxygen atoms in total. The summed E-state index contributed by atoms with van der Waals surface area (Å²) in [5.74, 6) is 0. The molecule has 0 fully saturated rings. The fourth-order valence-electron chi connectivity index (χ4n) is 1.86. The Morgan fingerprint density at radius 3 is 2.24 bits per heavy atom. The van der Waals surface area contributed by atoms with Crippen LogP contribution in [0.25, 0.3) is 11.3 Å². The molecule has 17 heavy (non-hydrogen) atoms. The maximum atomic E-state index is 5.91. The van der Waals surface area contributed by atoms with Gasteiger partial charge in [-0.3, -0.25) is 4.68 Å². The minimum absolute atomic E-state index is 0.0865. The highest BCUT2D eigenvalue weighted by Crippen LogP contribution is 2.32. The molecule has 0 saturated heterocycles. The van der Waals surface area contributed by atoms with Crippen LogP contribution in [0.1, 0.15) is 26.3 Å². The maximum Gasteiger partial charge on any atom is 0.0960 e. The summed E-state index contributed by atoms with van der Waals surface area (Å²) in [6.07, 6.45) is 2.09. The molecule has 0 bridgehead atoms. The van der Waals surface area contributed by atoms with Crippen LogP contribution >= 0.6 is 11.6 Å². The van der Waals surface area contributed by atoms with Gasteiger partial charge in [0.15, 0.2) is 0 Å². The second-order valence-corrected chi connectivity index (χ2v) is 5.76. The van der Waals surface area contributed by atoms with E-state index >= 15 is 0 Å². The largest absolute Gasteiger partial charge is 0.275 e. The number of hydrogen-bond donors (Lipinski definition) is 0. The van der Waals surface area contributed by atoms with Crippen LogP contribution in [-0.4, -0.2) is 9.78 Å². The lowest BCUT2D eigenvalue weighted by atomic mass is 9.86. The Morgan fingerprint density at radius 1 is 1.12 bits per heavy atom. The van der Waals surface area contributed by atoms with Crippen molar-refractivity contribution in [3.05, 3.63) is 41.0 Å². The first kappa shape index (κ1) is 12.2. The maximum absolute atomic E-state index is 5.91. The molecule has 0 saturated carbocycles. The van der Waals surface area contributed by atoms with Crippen molar-refractivity contribution in [1.29, 1.82) is 0 Å². The van der Waals surface area contributed by atoms with Crippen LogP contribution in [0.5, 0.6) is 0 Å². The topological polar surface area (TPSA) is 17.8 Å². The van der Waals surface area contributed by atoms with Crippen molar-refractivity contribution < 1.29 is 0 Å². The summed E-state index contributed by atoms with van der Waals surface area (Å²) >= 11 is 5.91. The lowest BCUT2D eigenvalue weighted by Crippen LogP contribution is -2.11. The number of aryl methyl sites for hydroxylation is 1. The predicted molar refractivity (Wildman–Crippen MR) is 72.4 cm³/mol. The molecule has 2 rings (SSSR count). The lowest BCUT2D eigenvalue weighted by molar-refractivity contribution is 0.590. The van der Waals surface area contributed by atoms with Crippen molar-refractivity contribution in [2.45, 2.75) is 26.2 Å². The molecule has 2 aromatic rings. The highest BCUT2D eigenvalue weighted by atomic mass is 35.5. The molecule has 0 spiro atoms. The molecule has 0 radical (unpaired) electrons. The van der Waals surface area contributed by atoms with Crippen LogP contribution in [0.2, 0.25) is 5.02 Å². The summed E-state index contributed by atoms with van der Waals surface area (Å²) in [5.41, 5.74) is 3.49. The SMILES string of the molecule is Cn1cc(C(C)(C)C)c(-c2ccc(Cl)cc2)n1. The van der Waals surface area contributed by atoms with Gasteiger partial charge in [0.2, 0.25) is 0 Å². The van der Waals surface area contributed by atoms with Gasteiger partial charge >= 0.3 is 0 Å². The van der Waals surface area contributed by atoms with E-state index in [1.807, 2.05) is 36.0 Å². The van der Waals surface area contributed by atoms with E-state index in [0.29, 0.717) is 0 Å². The minimum Gasteiger partial charge on any atom is -0.275 e. The van der Waals surface area contributed by atoms with Crippen LogP contribution in [-0.2, 0) is 12.5 Å². The van der Waals surface area contributed by atoms with Crippen LogP contribution < -0.4 is 0 Å². The number of aromatic nitrogens is 2. The van der Waals surface area contributed by atoms with Gasteiger partial charge in [-0.2, -0.15) is 5.10 Å². The van der Waals surface area contributed by atoms with Crippen molar-refractivity contribution in [3.8, 4) is 11.3 Å². The van der Waals surface area contributed by atoms with Gasteiger partial charge in [0.05, 0.1) is 5.69 Å². The molecule has 1 heterocycles. The second kappa shape index (κ2) is 4.19. The van der Waals surface area contributed by atoms with Gasteiger partial charge in [-0.1, -0.05) is 44.5 Å². The third-order valence-corrected chi connectivity index (χ3v) is 3.01. The van der Waals surface area contributed by atoms with Gasteiger partial charge < -0.3 is 0 Å². The molecule has 0 unspecified atom stereocenters. The molecule has 3 heteroatoms. The van der Waals surface area contributed by atoms with E-state index in [-0.39, 0.29) is 5.41 Å². The monoisotopic (exact) mass is 248 g/mol. The predicted octanol–water partition coefficient (Wildman–Crippen LogP) is 4.04. The summed E-state index contributed by atoms with van der Waals surface area (Å²) < 4.78 is 1.87. The zero-order valence-electron chi connectivity index (χ0n) is 10.7. The fraction of sp³-hybridized carbons (Fsp3) is 0.357. The molecule has 0 aliphatic rings. The standard InChI is InChI=1S/C14H17ClN2/c1-14(2,3)12-9-17(4)16-13(12)10-5-7-11(15)8-6-10/h5-9H,1-4H3. The zero-order valence-corrected chi connectivity index (χ0v) is 11.4. The van der Waals surface area contributed by atoms with E-state index in [2.05, 4.69) is 32.1 Å². The Kier molecular flexibility index (Phi) is 3.00. The minimum atomic E-state index is 0.0865. The quantitative estimate of drug-likeness (QED) is 0.745. The molecule has 0 N–H and O–H groups in total. The Hall–Kier alpha value is -1.28. The normalized spacial score (nSPS) is 11.8. The van der Waals surface area contributed by atoms with Gasteiger partial charge in [-0.05, 0) is 17.5 Å². The van der Waals surface area contributed by atoms with Gasteiger partial charge in [0.1, 0.15) is 0 Å². The van der Waals surface area contributed by atoms with Gasteiger partial charge in [-0.25, -0.2) is 0 Å². The van der Waals surface area contributed by atoms with Crippen LogP contribution in [0.15, 0.2) is 30.5 Å². The van der Waals surface area contributed by atoms with E-state index in [1.165, 1.54) is 5.56 Å². The molecule has 1 aromatic carbocycles. The molecular formula is C14H17ClN2. The summed E-state index contributed by atoms with van der Waals surface area (Å²) in [6.45, 7) is 6.59. The summed E-state index contributed by atoms with van der Waals surface area (Å²) in [4.78, 5) is 0. The van der Waals surface area contributed by atoms with Crippen LogP contribution in [0.3, 0.4) is 0 Å². The van der Waals surface area contributed by atoms with Crippen molar-refractivity contribution in [2.24, 2.45) is 7.05 Å². The summed E-state index contributed by atoms with van der Waals surface area (Å²) in [5, 5.41) is 5.30. The first-order valence-corrected chi connectivity index (χ1v) is 6.06. The van der Waals surface area contributed by atoms with Crippen molar-refractivity contribution in [3.63, 3.8) is 0 Å². The average molecular weight is 249 g/mol. The Balaban J connectivity index is 2.55. The first-order chi connectivity index (χ1) is 7.88. The van der Waals surface area contributed by atoms with E-state index in [9.17, 15) is 0 Å². The van der Waals surface area contributed by atoms with Gasteiger partial charge in [0.25, 0.3) is 0 Å². The number of rotatable bonds is 1. The van der Waals surface area contributed by atoms with Crippen molar-refractivity contribution in [1.82, 2.24) is 9.78 Å². The Morgan fingerprint density at radius 2 is 1.71 bits per heavy atom. The smallest absolute Gasteiger partial charge is 0.0960 e. The number of benzene rings is 1. The highest BCUT2D eigenvalue weighted by molar-refractivity contribution is 6.30. The molecule has 0 aliphatic carbocycles. The van der Waals surface area contributed by atoms with Crippen molar-refractivity contribution >= 4 is 11.6 Å². The van der Waals surface area contributed by atoms with E-state index < -0.39 is 0 Å². The zero-order chi connectivity index (χ0) is 12.6. The number of hydrogen-bond acceptors (Lipinski definition) is 1. The lowest BCUT2D eigenvalue weighted by Gasteiger charge is -2.18. The van der Waals surface area contributed by atoms with Gasteiger partial charge in [-0.15, -0.1) is 0 Å². The Labute approximate surface area is 107 Å². The van der Waals surface area contributed by atoms with Gasteiger partial charge in [0, 0.05) is 29.4 Å². The third-order valence-electron chi connectivity index (χ3n) is 2.75. The first-order valence-electron chi connectivity index (χ1n) is 5.68. The summed E-state index contributed by atoms with van der Waals surface area (Å²) in [6, 6.07) is 7.83. The van der Waals surface area contributed by atoms with Crippen molar-refractivity contribution in [2.75, 3.05) is 0 Å². The van der Waals surface area contributed by atoms with E-state index in [0.717, 1.165) is 16.3 Å². The van der Waals surface area contributed by atoms with Crippen LogP contribution in [0.4, 0.5) is 0 Å². The molecule has 0 aliphatic heterocycles. The number of nitrogens with zero attached hydrogens (tertiary/aromatic N) is 2. The second-order valence-electron chi connectivity index (χ2n) is 5.32. The third kappa shape index (κ3) is 2.52. The van der Waals surface area contributed by atoms with Crippen LogP contribution in [0, 0.1) is 0 Å². The highest BCUT2D eigenvalue weighted by Gasteiger charge is 2.21. The number of halogens is 1.